The van der Waals surface area contributed by atoms with E-state index in [0.717, 1.165) is 0 Å². The second-order valence-electron chi connectivity index (χ2n) is 3.90. The van der Waals surface area contributed by atoms with Gasteiger partial charge in [0.25, 0.3) is 5.78 Å². The van der Waals surface area contributed by atoms with E-state index >= 15 is 0 Å². The number of esters is 1. The number of hydrogen-bond donors (Lipinski definition) is 0. The zero-order valence-corrected chi connectivity index (χ0v) is 9.27. The summed E-state index contributed by atoms with van der Waals surface area (Å²) in [5, 5.41) is 0.482. The summed E-state index contributed by atoms with van der Waals surface area (Å²) in [5.74, 6) is -1.41. The molecule has 3 nitrogen and oxygen atoms in total. The van der Waals surface area contributed by atoms with Crippen LogP contribution in [0.25, 0.3) is 0 Å². The lowest BCUT2D eigenvalue weighted by atomic mass is 9.72. The third-order valence-corrected chi connectivity index (χ3v) is 2.95. The molecule has 4 heteroatoms. The van der Waals surface area contributed by atoms with E-state index in [9.17, 15) is 9.59 Å². The molecule has 1 rings (SSSR count). The molecule has 0 spiro atoms. The van der Waals surface area contributed by atoms with Crippen LogP contribution in [-0.2, 0) is 14.3 Å². The summed E-state index contributed by atoms with van der Waals surface area (Å²) in [4.78, 5) is 22.5. The molecular formula is C10H13ClO3. The van der Waals surface area contributed by atoms with Gasteiger partial charge in [-0.15, -0.1) is 0 Å². The van der Waals surface area contributed by atoms with Crippen LogP contribution in [0.1, 0.15) is 27.2 Å². The van der Waals surface area contributed by atoms with E-state index in [1.165, 1.54) is 0 Å². The van der Waals surface area contributed by atoms with Gasteiger partial charge in [0, 0.05) is 16.0 Å². The Morgan fingerprint density at radius 3 is 2.43 bits per heavy atom. The molecule has 0 saturated heterocycles. The quantitative estimate of drug-likeness (QED) is 0.536. The highest BCUT2D eigenvalue weighted by molar-refractivity contribution is 6.45. The fourth-order valence-corrected chi connectivity index (χ4v) is 1.62. The summed E-state index contributed by atoms with van der Waals surface area (Å²) in [7, 11) is 0. The minimum atomic E-state index is -0.809. The normalized spacial score (nSPS) is 18.9. The molecule has 0 aromatic carbocycles. The largest absolute Gasteiger partial charge is 0.460 e. The van der Waals surface area contributed by atoms with Gasteiger partial charge in [0.05, 0.1) is 6.61 Å². The lowest BCUT2D eigenvalue weighted by molar-refractivity contribution is -0.152. The van der Waals surface area contributed by atoms with Gasteiger partial charge in [-0.05, 0) is 13.3 Å². The van der Waals surface area contributed by atoms with Crippen LogP contribution in [0, 0.1) is 5.41 Å². The Balaban J connectivity index is 2.75. The Morgan fingerprint density at radius 2 is 2.07 bits per heavy atom. The van der Waals surface area contributed by atoms with Crippen molar-refractivity contribution in [1.29, 1.82) is 0 Å². The maximum absolute atomic E-state index is 11.4. The van der Waals surface area contributed by atoms with Crippen molar-refractivity contribution in [3.05, 3.63) is 10.6 Å². The van der Waals surface area contributed by atoms with Crippen LogP contribution in [0.5, 0.6) is 0 Å². The number of halogens is 1. The van der Waals surface area contributed by atoms with Gasteiger partial charge in [-0.1, -0.05) is 25.4 Å². The Labute approximate surface area is 88.1 Å². The van der Waals surface area contributed by atoms with E-state index in [4.69, 9.17) is 11.6 Å². The molecule has 78 valence electrons. The molecule has 0 aliphatic heterocycles. The monoisotopic (exact) mass is 216 g/mol. The van der Waals surface area contributed by atoms with Gasteiger partial charge >= 0.3 is 5.97 Å². The minimum Gasteiger partial charge on any atom is -0.460 e. The molecule has 0 atom stereocenters. The third kappa shape index (κ3) is 1.82. The van der Waals surface area contributed by atoms with E-state index in [1.807, 2.05) is 13.8 Å². The van der Waals surface area contributed by atoms with Gasteiger partial charge < -0.3 is 4.74 Å². The molecule has 0 aromatic rings. The first-order valence-electron chi connectivity index (χ1n) is 4.50. The molecule has 0 unspecified atom stereocenters. The molecule has 0 fully saturated rings. The van der Waals surface area contributed by atoms with Crippen molar-refractivity contribution in [2.45, 2.75) is 27.2 Å². The molecule has 0 bridgehead atoms. The van der Waals surface area contributed by atoms with Crippen molar-refractivity contribution in [2.24, 2.45) is 5.41 Å². The lowest BCUT2D eigenvalue weighted by Crippen LogP contribution is -2.32. The molecule has 0 amide bonds. The Kier molecular flexibility index (Phi) is 3.00. The van der Waals surface area contributed by atoms with Crippen LogP contribution in [0.3, 0.4) is 0 Å². The predicted octanol–water partition coefficient (Wildman–Crippen LogP) is 2.04. The van der Waals surface area contributed by atoms with Gasteiger partial charge in [-0.3, -0.25) is 4.79 Å². The smallest absolute Gasteiger partial charge is 0.379 e. The van der Waals surface area contributed by atoms with Crippen LogP contribution < -0.4 is 0 Å². The second kappa shape index (κ2) is 3.73. The molecule has 0 heterocycles. The van der Waals surface area contributed by atoms with Gasteiger partial charge in [0.15, 0.2) is 0 Å². The van der Waals surface area contributed by atoms with Crippen LogP contribution in [0.4, 0.5) is 0 Å². The van der Waals surface area contributed by atoms with Crippen LogP contribution in [-0.4, -0.2) is 18.4 Å². The standard InChI is InChI=1S/C10H13ClO3/c1-4-14-9(13)7(12)6-5-10(2,3)8(6)11/h4-5H2,1-3H3. The van der Waals surface area contributed by atoms with Crippen molar-refractivity contribution in [1.82, 2.24) is 0 Å². The first kappa shape index (κ1) is 11.2. The van der Waals surface area contributed by atoms with Crippen LogP contribution in [0.2, 0.25) is 0 Å². The molecule has 0 radical (unpaired) electrons. The summed E-state index contributed by atoms with van der Waals surface area (Å²) in [6, 6.07) is 0. The van der Waals surface area contributed by atoms with Gasteiger partial charge in [0.1, 0.15) is 0 Å². The fraction of sp³-hybridized carbons (Fsp3) is 0.600. The molecule has 1 aliphatic carbocycles. The van der Waals surface area contributed by atoms with Gasteiger partial charge in [-0.2, -0.15) is 0 Å². The number of carbonyl (C=O) groups excluding carboxylic acids is 2. The summed E-state index contributed by atoms with van der Waals surface area (Å²) >= 11 is 5.90. The van der Waals surface area contributed by atoms with E-state index in [0.29, 0.717) is 17.0 Å². The first-order valence-corrected chi connectivity index (χ1v) is 4.88. The maximum Gasteiger partial charge on any atom is 0.379 e. The lowest BCUT2D eigenvalue weighted by Gasteiger charge is -2.35. The Bertz CT molecular complexity index is 315. The van der Waals surface area contributed by atoms with Gasteiger partial charge in [0.2, 0.25) is 0 Å². The maximum atomic E-state index is 11.4. The number of ketones is 1. The third-order valence-electron chi connectivity index (χ3n) is 2.21. The molecule has 0 N–H and O–H groups in total. The number of Topliss-reactive ketones (excluding diaryl/α,β-unsaturated/α-hetero) is 1. The van der Waals surface area contributed by atoms with E-state index in [1.54, 1.807) is 6.92 Å². The highest BCUT2D eigenvalue weighted by Crippen LogP contribution is 2.48. The Morgan fingerprint density at radius 1 is 1.50 bits per heavy atom. The molecule has 0 saturated carbocycles. The summed E-state index contributed by atoms with van der Waals surface area (Å²) < 4.78 is 4.60. The summed E-state index contributed by atoms with van der Waals surface area (Å²) in [5.41, 5.74) is 0.231. The first-order chi connectivity index (χ1) is 6.40. The zero-order valence-electron chi connectivity index (χ0n) is 8.52. The average molecular weight is 217 g/mol. The SMILES string of the molecule is CCOC(=O)C(=O)C1=C(Cl)C(C)(C)C1. The number of rotatable bonds is 3. The van der Waals surface area contributed by atoms with Crippen molar-refractivity contribution in [3.8, 4) is 0 Å². The summed E-state index contributed by atoms with van der Waals surface area (Å²) in [6.45, 7) is 5.72. The van der Waals surface area contributed by atoms with Crippen LogP contribution >= 0.6 is 11.6 Å². The topological polar surface area (TPSA) is 43.4 Å². The number of ether oxygens (including phenoxy) is 1. The zero-order chi connectivity index (χ0) is 10.9. The highest BCUT2D eigenvalue weighted by Gasteiger charge is 2.41. The van der Waals surface area contributed by atoms with E-state index in [2.05, 4.69) is 4.74 Å². The predicted molar refractivity (Wildman–Crippen MR) is 52.9 cm³/mol. The fourth-order valence-electron chi connectivity index (χ4n) is 1.40. The molecule has 0 aromatic heterocycles. The van der Waals surface area contributed by atoms with Crippen LogP contribution in [0.15, 0.2) is 10.6 Å². The van der Waals surface area contributed by atoms with Crippen molar-refractivity contribution >= 4 is 23.4 Å². The number of allylic oxidation sites excluding steroid dienone is 1. The number of carbonyl (C=O) groups is 2. The average Bonchev–Trinajstić information content (AvgIpc) is 2.13. The van der Waals surface area contributed by atoms with Crippen molar-refractivity contribution in [2.75, 3.05) is 6.61 Å². The van der Waals surface area contributed by atoms with Crippen molar-refractivity contribution < 1.29 is 14.3 Å². The molecular weight excluding hydrogens is 204 g/mol. The molecule has 1 aliphatic rings. The van der Waals surface area contributed by atoms with E-state index in [-0.39, 0.29) is 12.0 Å². The van der Waals surface area contributed by atoms with E-state index < -0.39 is 11.8 Å². The van der Waals surface area contributed by atoms with Crippen molar-refractivity contribution in [3.63, 3.8) is 0 Å². The van der Waals surface area contributed by atoms with Gasteiger partial charge in [-0.25, -0.2) is 4.79 Å². The Hall–Kier alpha value is -0.830. The second-order valence-corrected chi connectivity index (χ2v) is 4.28. The number of hydrogen-bond acceptors (Lipinski definition) is 3. The molecule has 14 heavy (non-hydrogen) atoms. The highest BCUT2D eigenvalue weighted by atomic mass is 35.5. The minimum absolute atomic E-state index is 0.168. The summed E-state index contributed by atoms with van der Waals surface area (Å²) in [6.07, 6.45) is 0.545.